The van der Waals surface area contributed by atoms with Crippen molar-refractivity contribution in [2.45, 2.75) is 37.4 Å². The van der Waals surface area contributed by atoms with Crippen LogP contribution in [0.4, 0.5) is 5.82 Å². The lowest BCUT2D eigenvalue weighted by molar-refractivity contribution is -0.131. The molecule has 37 heavy (non-hydrogen) atoms. The van der Waals surface area contributed by atoms with E-state index in [1.807, 2.05) is 48.2 Å². The number of anilines is 1. The van der Waals surface area contributed by atoms with E-state index in [0.29, 0.717) is 42.3 Å². The van der Waals surface area contributed by atoms with E-state index in [9.17, 15) is 9.59 Å². The summed E-state index contributed by atoms with van der Waals surface area (Å²) in [4.78, 5) is 37.3. The zero-order valence-corrected chi connectivity index (χ0v) is 22.7. The summed E-state index contributed by atoms with van der Waals surface area (Å²) < 4.78 is 0. The molecule has 0 radical (unpaired) electrons. The minimum Gasteiger partial charge on any atom is -0.355 e. The number of hydrogen-bond donors (Lipinski definition) is 1. The average molecular weight is 538 g/mol. The Labute approximate surface area is 227 Å². The molecule has 9 heteroatoms. The number of benzene rings is 2. The van der Waals surface area contributed by atoms with E-state index in [1.165, 1.54) is 22.9 Å². The molecule has 1 unspecified atom stereocenters. The fourth-order valence-corrected chi connectivity index (χ4v) is 5.59. The first-order valence-corrected chi connectivity index (χ1v) is 13.8. The first kappa shape index (κ1) is 26.9. The van der Waals surface area contributed by atoms with Crippen LogP contribution in [0, 0.1) is 0 Å². The van der Waals surface area contributed by atoms with Gasteiger partial charge in [-0.15, -0.1) is 0 Å². The summed E-state index contributed by atoms with van der Waals surface area (Å²) in [5, 5.41) is 3.84. The number of carbonyl (C=O) groups is 2. The monoisotopic (exact) mass is 537 g/mol. The smallest absolute Gasteiger partial charge is 0.230 e. The van der Waals surface area contributed by atoms with E-state index in [-0.39, 0.29) is 29.5 Å². The van der Waals surface area contributed by atoms with Gasteiger partial charge in [-0.2, -0.15) is 0 Å². The summed E-state index contributed by atoms with van der Waals surface area (Å²) in [7, 11) is 0. The van der Waals surface area contributed by atoms with Crippen LogP contribution in [0.25, 0.3) is 0 Å². The molecule has 1 fully saturated rings. The zero-order valence-electron chi connectivity index (χ0n) is 21.1. The van der Waals surface area contributed by atoms with Crippen molar-refractivity contribution in [2.75, 3.05) is 36.8 Å². The van der Waals surface area contributed by atoms with E-state index in [2.05, 4.69) is 44.5 Å². The lowest BCUT2D eigenvalue weighted by atomic mass is 9.88. The standard InChI is InChI=1S/C28H32ClN5O2S/c1-20-18-33(15-16-34(20)21(2)35)26-17-25(29)31-28(32-26)37-19-27(36)30-14-13-24(22-9-5-3-6-10-22)23-11-7-4-8-12-23/h3-12,17,20,24H,13-16,18-19H2,1-2H3,(H,30,36). The number of aromatic nitrogens is 2. The van der Waals surface area contributed by atoms with E-state index in [1.54, 1.807) is 13.0 Å². The van der Waals surface area contributed by atoms with Gasteiger partial charge in [0.15, 0.2) is 5.16 Å². The zero-order chi connectivity index (χ0) is 26.2. The largest absolute Gasteiger partial charge is 0.355 e. The molecule has 0 saturated carbocycles. The predicted octanol–water partition coefficient (Wildman–Crippen LogP) is 4.62. The van der Waals surface area contributed by atoms with Crippen LogP contribution in [-0.2, 0) is 9.59 Å². The minimum absolute atomic E-state index is 0.0707. The molecule has 2 heterocycles. The average Bonchev–Trinajstić information content (AvgIpc) is 2.90. The van der Waals surface area contributed by atoms with Crippen LogP contribution < -0.4 is 10.2 Å². The fraction of sp³-hybridized carbons (Fsp3) is 0.357. The maximum absolute atomic E-state index is 12.6. The van der Waals surface area contributed by atoms with Crippen molar-refractivity contribution in [3.05, 3.63) is 83.0 Å². The van der Waals surface area contributed by atoms with Gasteiger partial charge in [-0.1, -0.05) is 84.0 Å². The molecule has 1 aliphatic heterocycles. The van der Waals surface area contributed by atoms with Gasteiger partial charge in [-0.3, -0.25) is 9.59 Å². The maximum Gasteiger partial charge on any atom is 0.230 e. The molecule has 0 spiro atoms. The second kappa shape index (κ2) is 12.9. The highest BCUT2D eigenvalue weighted by molar-refractivity contribution is 7.99. The SMILES string of the molecule is CC(=O)N1CCN(c2cc(Cl)nc(SCC(=O)NCCC(c3ccccc3)c3ccccc3)n2)CC1C. The Kier molecular flexibility index (Phi) is 9.41. The first-order valence-electron chi connectivity index (χ1n) is 12.5. The molecule has 3 aromatic rings. The molecule has 1 N–H and O–H groups in total. The Morgan fingerprint density at radius 1 is 1.05 bits per heavy atom. The number of amides is 2. The third kappa shape index (κ3) is 7.46. The van der Waals surface area contributed by atoms with Crippen LogP contribution >= 0.6 is 23.4 Å². The molecule has 7 nitrogen and oxygen atoms in total. The van der Waals surface area contributed by atoms with E-state index in [0.717, 1.165) is 6.42 Å². The highest BCUT2D eigenvalue weighted by atomic mass is 35.5. The Morgan fingerprint density at radius 3 is 2.30 bits per heavy atom. The van der Waals surface area contributed by atoms with Crippen LogP contribution in [0.3, 0.4) is 0 Å². The first-order chi connectivity index (χ1) is 17.9. The molecular weight excluding hydrogens is 506 g/mol. The quantitative estimate of drug-likeness (QED) is 0.244. The summed E-state index contributed by atoms with van der Waals surface area (Å²) in [6.45, 7) is 6.16. The van der Waals surface area contributed by atoms with Crippen molar-refractivity contribution in [2.24, 2.45) is 0 Å². The Morgan fingerprint density at radius 2 is 1.70 bits per heavy atom. The lowest BCUT2D eigenvalue weighted by Gasteiger charge is -2.40. The van der Waals surface area contributed by atoms with Gasteiger partial charge in [0.2, 0.25) is 11.8 Å². The molecule has 4 rings (SSSR count). The molecule has 2 amide bonds. The van der Waals surface area contributed by atoms with Gasteiger partial charge in [0, 0.05) is 51.1 Å². The van der Waals surface area contributed by atoms with Crippen molar-refractivity contribution in [1.29, 1.82) is 0 Å². The molecule has 1 atom stereocenters. The summed E-state index contributed by atoms with van der Waals surface area (Å²) in [6.07, 6.45) is 0.798. The third-order valence-electron chi connectivity index (χ3n) is 6.51. The number of halogens is 1. The van der Waals surface area contributed by atoms with Gasteiger partial charge < -0.3 is 15.1 Å². The molecule has 0 bridgehead atoms. The number of nitrogens with one attached hydrogen (secondary N) is 1. The highest BCUT2D eigenvalue weighted by Crippen LogP contribution is 2.28. The molecule has 1 aliphatic rings. The normalized spacial score (nSPS) is 15.6. The van der Waals surface area contributed by atoms with E-state index < -0.39 is 0 Å². The van der Waals surface area contributed by atoms with Gasteiger partial charge in [0.25, 0.3) is 0 Å². The van der Waals surface area contributed by atoms with Gasteiger partial charge in [-0.25, -0.2) is 9.97 Å². The van der Waals surface area contributed by atoms with Crippen molar-refractivity contribution < 1.29 is 9.59 Å². The number of rotatable bonds is 9. The number of piperazine rings is 1. The molecule has 0 aliphatic carbocycles. The van der Waals surface area contributed by atoms with Crippen molar-refractivity contribution in [1.82, 2.24) is 20.2 Å². The summed E-state index contributed by atoms with van der Waals surface area (Å²) in [5.74, 6) is 1.13. The summed E-state index contributed by atoms with van der Waals surface area (Å²) in [6, 6.07) is 22.5. The highest BCUT2D eigenvalue weighted by Gasteiger charge is 2.26. The fourth-order valence-electron chi connectivity index (χ4n) is 4.68. The van der Waals surface area contributed by atoms with Gasteiger partial charge >= 0.3 is 0 Å². The summed E-state index contributed by atoms with van der Waals surface area (Å²) in [5.41, 5.74) is 2.46. The number of nitrogens with zero attached hydrogens (tertiary/aromatic N) is 4. The van der Waals surface area contributed by atoms with Crippen LogP contribution in [0.1, 0.15) is 37.3 Å². The van der Waals surface area contributed by atoms with Crippen molar-refractivity contribution in [3.63, 3.8) is 0 Å². The van der Waals surface area contributed by atoms with E-state index in [4.69, 9.17) is 11.6 Å². The van der Waals surface area contributed by atoms with Crippen molar-refractivity contribution in [3.8, 4) is 0 Å². The molecular formula is C28H32ClN5O2S. The Bertz CT molecular complexity index is 1160. The second-order valence-corrected chi connectivity index (χ2v) is 10.5. The second-order valence-electron chi connectivity index (χ2n) is 9.14. The number of hydrogen-bond acceptors (Lipinski definition) is 6. The molecule has 1 saturated heterocycles. The van der Waals surface area contributed by atoms with Crippen LogP contribution in [-0.4, -0.2) is 64.7 Å². The Balaban J connectivity index is 1.31. The Hall–Kier alpha value is -3.10. The summed E-state index contributed by atoms with van der Waals surface area (Å²) >= 11 is 7.55. The molecule has 2 aromatic carbocycles. The van der Waals surface area contributed by atoms with E-state index >= 15 is 0 Å². The van der Waals surface area contributed by atoms with Crippen LogP contribution in [0.5, 0.6) is 0 Å². The predicted molar refractivity (Wildman–Crippen MR) is 149 cm³/mol. The van der Waals surface area contributed by atoms with Crippen LogP contribution in [0.2, 0.25) is 5.15 Å². The molecule has 1 aromatic heterocycles. The topological polar surface area (TPSA) is 78.4 Å². The van der Waals surface area contributed by atoms with Gasteiger partial charge in [0.05, 0.1) is 5.75 Å². The minimum atomic E-state index is -0.0707. The number of thioether (sulfide) groups is 1. The maximum atomic E-state index is 12.6. The van der Waals surface area contributed by atoms with Crippen molar-refractivity contribution >= 4 is 41.0 Å². The van der Waals surface area contributed by atoms with Gasteiger partial charge in [0.1, 0.15) is 11.0 Å². The van der Waals surface area contributed by atoms with Gasteiger partial charge in [-0.05, 0) is 24.5 Å². The molecule has 194 valence electrons. The third-order valence-corrected chi connectivity index (χ3v) is 7.55. The lowest BCUT2D eigenvalue weighted by Crippen LogP contribution is -2.53. The number of carbonyl (C=O) groups excluding carboxylic acids is 2. The van der Waals surface area contributed by atoms with Crippen LogP contribution in [0.15, 0.2) is 71.9 Å².